The number of aliphatic hydroxyl groups is 3. The molecule has 3 saturated heterocycles. The number of halogens is 1. The molecule has 3 fully saturated rings. The summed E-state index contributed by atoms with van der Waals surface area (Å²) in [6, 6.07) is 1.52. The van der Waals surface area contributed by atoms with Gasteiger partial charge in [-0.3, -0.25) is 4.79 Å². The lowest BCUT2D eigenvalue weighted by Gasteiger charge is -2.54. The van der Waals surface area contributed by atoms with Gasteiger partial charge in [0.2, 0.25) is 5.79 Å². The zero-order valence-electron chi connectivity index (χ0n) is 35.4. The van der Waals surface area contributed by atoms with Crippen LogP contribution in [-0.2, 0) is 38.0 Å². The molecule has 0 bridgehead atoms. The molecule has 15 heteroatoms. The number of carbonyl (C=O) groups excluding carboxylic acids is 2. The van der Waals surface area contributed by atoms with E-state index in [0.717, 1.165) is 0 Å². The van der Waals surface area contributed by atoms with Crippen molar-refractivity contribution < 1.29 is 68.3 Å². The number of carboxylic acid groups (broad SMARTS) is 1. The number of aromatic hydroxyl groups is 1. The Balaban J connectivity index is 1.35. The summed E-state index contributed by atoms with van der Waals surface area (Å²) in [5.41, 5.74) is -0.978. The summed E-state index contributed by atoms with van der Waals surface area (Å²) in [7, 11) is 1.51. The molecule has 2 spiro atoms. The quantitative estimate of drug-likeness (QED) is 0.126. The molecule has 0 amide bonds. The van der Waals surface area contributed by atoms with Crippen LogP contribution in [-0.4, -0.2) is 117 Å². The van der Waals surface area contributed by atoms with E-state index in [1.807, 2.05) is 20.8 Å². The monoisotopic (exact) mass is 838 g/mol. The summed E-state index contributed by atoms with van der Waals surface area (Å²) in [5, 5.41) is 54.7. The van der Waals surface area contributed by atoms with Gasteiger partial charge in [-0.1, -0.05) is 60.1 Å². The third-order valence-corrected chi connectivity index (χ3v) is 13.8. The van der Waals surface area contributed by atoms with Crippen LogP contribution in [0.3, 0.4) is 0 Å². The van der Waals surface area contributed by atoms with E-state index in [1.165, 1.54) is 13.2 Å². The number of hydrogen-bond acceptors (Lipinski definition) is 13. The maximum atomic E-state index is 14.3. The van der Waals surface area contributed by atoms with Crippen molar-refractivity contribution in [3.63, 3.8) is 0 Å². The lowest BCUT2D eigenvalue weighted by Crippen LogP contribution is -2.64. The predicted octanol–water partition coefficient (Wildman–Crippen LogP) is 5.31. The van der Waals surface area contributed by atoms with Crippen LogP contribution >= 0.6 is 11.6 Å². The fraction of sp³-hybridized carbons (Fsp3) is 0.744. The number of Topliss-reactive ketones (excluding diaryl/α,β-unsaturated/α-hetero) is 1. The van der Waals surface area contributed by atoms with Gasteiger partial charge < -0.3 is 54.0 Å². The van der Waals surface area contributed by atoms with E-state index < -0.39 is 101 Å². The van der Waals surface area contributed by atoms with Crippen LogP contribution in [0.15, 0.2) is 18.2 Å². The molecule has 0 aromatic heterocycles. The Hall–Kier alpha value is -2.66. The fourth-order valence-corrected chi connectivity index (χ4v) is 10.7. The Kier molecular flexibility index (Phi) is 13.9. The first-order chi connectivity index (χ1) is 27.0. The highest BCUT2D eigenvalue weighted by atomic mass is 35.5. The fourth-order valence-electron chi connectivity index (χ4n) is 10.3. The smallest absolute Gasteiger partial charge is 0.339 e. The number of methoxy groups -OCH3 is 1. The van der Waals surface area contributed by atoms with Crippen LogP contribution in [0.1, 0.15) is 109 Å². The van der Waals surface area contributed by atoms with Gasteiger partial charge in [-0.05, 0) is 80.7 Å². The molecule has 5 rings (SSSR count). The SMILES string of the molecule is CCOC(=O)[C@@H]1O[C@H]([C@]2(C)O[C@]3(O[C@]4(C=C[C@@H]3O)O[C@H]([C@H](C)C(=O)[C@H](C)[C@H](O)[C@H](C)C[C@H](C)c3c(Cl)cc(C)c(O)c3C(=O)O)[C@H](C)C[C@@H]4C)[C@H](C)[C@H]2OC)C[C@@H]1O. The van der Waals surface area contributed by atoms with Crippen molar-refractivity contribution in [3.8, 4) is 5.75 Å². The molecule has 1 aromatic carbocycles. The van der Waals surface area contributed by atoms with Crippen LogP contribution in [0.2, 0.25) is 5.02 Å². The van der Waals surface area contributed by atoms with Gasteiger partial charge in [0.15, 0.2) is 11.9 Å². The third kappa shape index (κ3) is 7.98. The Labute approximate surface area is 346 Å². The van der Waals surface area contributed by atoms with Gasteiger partial charge >= 0.3 is 11.9 Å². The number of benzene rings is 1. The number of carboxylic acids is 1. The summed E-state index contributed by atoms with van der Waals surface area (Å²) in [6.45, 7) is 17.9. The van der Waals surface area contributed by atoms with Gasteiger partial charge in [-0.15, -0.1) is 0 Å². The second-order valence-electron chi connectivity index (χ2n) is 17.6. The minimum absolute atomic E-state index is 0.0417. The van der Waals surface area contributed by atoms with Gasteiger partial charge in [0.05, 0.1) is 37.1 Å². The molecule has 0 saturated carbocycles. The molecule has 17 atom stereocenters. The van der Waals surface area contributed by atoms with Crippen molar-refractivity contribution in [3.05, 3.63) is 39.9 Å². The number of aromatic carboxylic acids is 1. The molecular weight excluding hydrogens is 776 g/mol. The Morgan fingerprint density at radius 2 is 1.72 bits per heavy atom. The van der Waals surface area contributed by atoms with E-state index in [2.05, 4.69) is 0 Å². The standard InChI is InChI=1S/C43H63ClO14/c1-12-54-40(52)37-28(45)18-30(55-37)41(10)38(53-11)26(9)43(57-41)29(46)13-14-42(58-43)23(6)16-22(5)36(56-42)25(8)35(49)24(7)33(47)20(3)15-19(2)31-27(44)17-21(4)34(48)32(31)39(50)51/h13-14,17,19-20,22-26,28-30,33,36-38,45-48H,12,15-16,18H2,1-11H3,(H,50,51)/t19-,20+,22+,23-,24+,25+,26+,28-,29-,30-,33+,36-,37+,38+,41-,42-,43-/m0/s1. The van der Waals surface area contributed by atoms with Crippen LogP contribution in [0, 0.1) is 42.4 Å². The molecule has 4 aliphatic heterocycles. The molecule has 5 N–H and O–H groups in total. The lowest BCUT2D eigenvalue weighted by atomic mass is 9.74. The summed E-state index contributed by atoms with van der Waals surface area (Å²) in [6.07, 6.45) is -2.84. The normalized spacial score (nSPS) is 38.7. The maximum Gasteiger partial charge on any atom is 0.339 e. The molecular formula is C43H63ClO14. The molecule has 326 valence electrons. The van der Waals surface area contributed by atoms with Crippen LogP contribution in [0.4, 0.5) is 0 Å². The number of rotatable bonds is 13. The van der Waals surface area contributed by atoms with Gasteiger partial charge in [-0.25, -0.2) is 9.59 Å². The number of aliphatic hydroxyl groups excluding tert-OH is 3. The van der Waals surface area contributed by atoms with Gasteiger partial charge in [0, 0.05) is 42.2 Å². The molecule has 0 radical (unpaired) electrons. The first-order valence-corrected chi connectivity index (χ1v) is 20.8. The topological polar surface area (TPSA) is 208 Å². The van der Waals surface area contributed by atoms with Crippen molar-refractivity contribution in [1.29, 1.82) is 0 Å². The van der Waals surface area contributed by atoms with E-state index in [4.69, 9.17) is 40.0 Å². The van der Waals surface area contributed by atoms with E-state index in [0.29, 0.717) is 12.0 Å². The number of carbonyl (C=O) groups is 3. The Bertz CT molecular complexity index is 1740. The zero-order valence-corrected chi connectivity index (χ0v) is 36.2. The van der Waals surface area contributed by atoms with Crippen molar-refractivity contribution >= 4 is 29.3 Å². The molecule has 0 unspecified atom stereocenters. The second-order valence-corrected chi connectivity index (χ2v) is 18.0. The summed E-state index contributed by atoms with van der Waals surface area (Å²) >= 11 is 6.50. The predicted molar refractivity (Wildman–Crippen MR) is 211 cm³/mol. The van der Waals surface area contributed by atoms with Crippen molar-refractivity contribution in [2.75, 3.05) is 13.7 Å². The van der Waals surface area contributed by atoms with E-state index in [1.54, 1.807) is 60.6 Å². The van der Waals surface area contributed by atoms with Crippen molar-refractivity contribution in [2.24, 2.45) is 35.5 Å². The molecule has 14 nitrogen and oxygen atoms in total. The number of hydrogen-bond donors (Lipinski definition) is 5. The average molecular weight is 839 g/mol. The van der Waals surface area contributed by atoms with Gasteiger partial charge in [0.25, 0.3) is 0 Å². The van der Waals surface area contributed by atoms with E-state index in [9.17, 15) is 39.9 Å². The Morgan fingerprint density at radius 1 is 1.07 bits per heavy atom. The summed E-state index contributed by atoms with van der Waals surface area (Å²) in [4.78, 5) is 39.0. The van der Waals surface area contributed by atoms with Crippen LogP contribution in [0.5, 0.6) is 5.75 Å². The molecule has 58 heavy (non-hydrogen) atoms. The number of phenols is 1. The number of ether oxygens (including phenoxy) is 6. The Morgan fingerprint density at radius 3 is 2.33 bits per heavy atom. The van der Waals surface area contributed by atoms with Crippen LogP contribution in [0.25, 0.3) is 0 Å². The van der Waals surface area contributed by atoms with Crippen molar-refractivity contribution in [1.82, 2.24) is 0 Å². The van der Waals surface area contributed by atoms with E-state index >= 15 is 0 Å². The number of aryl methyl sites for hydroxylation is 1. The molecule has 1 aromatic rings. The van der Waals surface area contributed by atoms with Gasteiger partial charge in [-0.2, -0.15) is 0 Å². The maximum absolute atomic E-state index is 14.3. The highest BCUT2D eigenvalue weighted by molar-refractivity contribution is 6.32. The summed E-state index contributed by atoms with van der Waals surface area (Å²) in [5.74, 6) is -9.24. The largest absolute Gasteiger partial charge is 0.507 e. The highest BCUT2D eigenvalue weighted by Gasteiger charge is 2.70. The minimum Gasteiger partial charge on any atom is -0.507 e. The second kappa shape index (κ2) is 17.4. The van der Waals surface area contributed by atoms with Gasteiger partial charge in [0.1, 0.15) is 28.8 Å². The zero-order chi connectivity index (χ0) is 43.4. The number of ketones is 1. The first kappa shape index (κ1) is 46.4. The van der Waals surface area contributed by atoms with E-state index in [-0.39, 0.29) is 59.0 Å². The van der Waals surface area contributed by atoms with Crippen molar-refractivity contribution in [2.45, 2.75) is 154 Å². The highest BCUT2D eigenvalue weighted by Crippen LogP contribution is 2.56. The average Bonchev–Trinajstić information content (AvgIpc) is 3.66. The first-order valence-electron chi connectivity index (χ1n) is 20.5. The molecule has 4 heterocycles. The molecule has 0 aliphatic carbocycles. The molecule has 4 aliphatic rings. The van der Waals surface area contributed by atoms with Crippen LogP contribution < -0.4 is 0 Å². The number of esters is 1. The third-order valence-electron chi connectivity index (χ3n) is 13.5. The minimum atomic E-state index is -1.72. The lowest BCUT2D eigenvalue weighted by molar-refractivity contribution is -0.414. The summed E-state index contributed by atoms with van der Waals surface area (Å²) < 4.78 is 37.8.